The first-order valence-electron chi connectivity index (χ1n) is 13.0. The number of carboxylic acids is 1. The molecular weight excluding hydrogens is 474 g/mol. The van der Waals surface area contributed by atoms with Crippen molar-refractivity contribution < 1.29 is 24.3 Å². The third-order valence-electron chi connectivity index (χ3n) is 7.34. The average molecular weight is 514 g/mol. The number of aromatic amines is 1. The minimum Gasteiger partial charge on any atom is -0.480 e. The molecule has 1 aliphatic heterocycles. The fraction of sp³-hybridized carbons (Fsp3) is 0.556. The first kappa shape index (κ1) is 28.2. The van der Waals surface area contributed by atoms with E-state index in [1.165, 1.54) is 4.90 Å². The number of nitrogens with zero attached hydrogens (tertiary/aromatic N) is 1. The molecule has 2 aromatic rings. The quantitative estimate of drug-likeness (QED) is 0.308. The smallest absolute Gasteiger partial charge is 0.326 e. The maximum atomic E-state index is 13.6. The topological polar surface area (TPSA) is 158 Å². The van der Waals surface area contributed by atoms with Gasteiger partial charge in [-0.1, -0.05) is 52.3 Å². The zero-order valence-electron chi connectivity index (χ0n) is 22.0. The van der Waals surface area contributed by atoms with Crippen LogP contribution in [-0.4, -0.2) is 69.4 Å². The molecule has 10 heteroatoms. The van der Waals surface area contributed by atoms with Crippen LogP contribution in [0.25, 0.3) is 10.9 Å². The largest absolute Gasteiger partial charge is 0.480 e. The number of para-hydroxylation sites is 1. The second-order valence-electron chi connectivity index (χ2n) is 10.3. The van der Waals surface area contributed by atoms with Gasteiger partial charge in [-0.2, -0.15) is 0 Å². The summed E-state index contributed by atoms with van der Waals surface area (Å²) >= 11 is 0. The van der Waals surface area contributed by atoms with Crippen LogP contribution in [0, 0.1) is 11.8 Å². The van der Waals surface area contributed by atoms with E-state index in [9.17, 15) is 24.3 Å². The van der Waals surface area contributed by atoms with Crippen molar-refractivity contribution >= 4 is 34.6 Å². The highest BCUT2D eigenvalue weighted by molar-refractivity contribution is 5.95. The minimum absolute atomic E-state index is 0.0788. The van der Waals surface area contributed by atoms with E-state index in [4.69, 9.17) is 5.73 Å². The molecule has 5 unspecified atom stereocenters. The van der Waals surface area contributed by atoms with Crippen molar-refractivity contribution in [3.8, 4) is 0 Å². The number of carbonyl (C=O) groups is 4. The number of aromatic nitrogens is 1. The van der Waals surface area contributed by atoms with E-state index in [0.717, 1.165) is 16.5 Å². The zero-order chi connectivity index (χ0) is 27.3. The highest BCUT2D eigenvalue weighted by Gasteiger charge is 2.39. The van der Waals surface area contributed by atoms with Crippen molar-refractivity contribution in [1.29, 1.82) is 0 Å². The molecule has 0 aliphatic carbocycles. The number of nitrogens with two attached hydrogens (primary N) is 1. The number of H-pyrrole nitrogens is 1. The van der Waals surface area contributed by atoms with Gasteiger partial charge in [0.2, 0.25) is 17.7 Å². The van der Waals surface area contributed by atoms with Crippen LogP contribution in [0.2, 0.25) is 0 Å². The zero-order valence-corrected chi connectivity index (χ0v) is 22.0. The first-order chi connectivity index (χ1) is 17.5. The van der Waals surface area contributed by atoms with Gasteiger partial charge in [0.1, 0.15) is 18.1 Å². The first-order valence-corrected chi connectivity index (χ1v) is 13.0. The Morgan fingerprint density at radius 2 is 1.84 bits per heavy atom. The summed E-state index contributed by atoms with van der Waals surface area (Å²) in [5.41, 5.74) is 7.89. The highest BCUT2D eigenvalue weighted by atomic mass is 16.4. The number of carboxylic acid groups (broad SMARTS) is 1. The summed E-state index contributed by atoms with van der Waals surface area (Å²) in [5, 5.41) is 16.1. The number of amides is 3. The van der Waals surface area contributed by atoms with Crippen molar-refractivity contribution in [3.05, 3.63) is 36.0 Å². The van der Waals surface area contributed by atoms with Crippen molar-refractivity contribution in [2.24, 2.45) is 17.6 Å². The summed E-state index contributed by atoms with van der Waals surface area (Å²) in [4.78, 5) is 56.1. The number of hydrogen-bond donors (Lipinski definition) is 5. The number of benzene rings is 1. The third kappa shape index (κ3) is 6.49. The van der Waals surface area contributed by atoms with Gasteiger partial charge < -0.3 is 31.4 Å². The Bertz CT molecular complexity index is 1130. The molecule has 0 saturated carbocycles. The van der Waals surface area contributed by atoms with E-state index in [1.54, 1.807) is 20.0 Å². The maximum absolute atomic E-state index is 13.6. The summed E-state index contributed by atoms with van der Waals surface area (Å²) < 4.78 is 0. The fourth-order valence-electron chi connectivity index (χ4n) is 4.74. The van der Waals surface area contributed by atoms with E-state index in [0.29, 0.717) is 25.8 Å². The molecule has 5 atom stereocenters. The molecule has 0 radical (unpaired) electrons. The molecule has 1 aliphatic rings. The lowest BCUT2D eigenvalue weighted by Gasteiger charge is -2.31. The van der Waals surface area contributed by atoms with Gasteiger partial charge in [-0.25, -0.2) is 4.79 Å². The highest BCUT2D eigenvalue weighted by Crippen LogP contribution is 2.22. The van der Waals surface area contributed by atoms with Gasteiger partial charge in [0, 0.05) is 30.1 Å². The van der Waals surface area contributed by atoms with Gasteiger partial charge in [-0.05, 0) is 36.3 Å². The Morgan fingerprint density at radius 1 is 1.14 bits per heavy atom. The lowest BCUT2D eigenvalue weighted by Crippen LogP contribution is -2.59. The van der Waals surface area contributed by atoms with Gasteiger partial charge in [0.05, 0.1) is 6.04 Å². The molecule has 3 amide bonds. The molecule has 0 spiro atoms. The van der Waals surface area contributed by atoms with Gasteiger partial charge in [0.15, 0.2) is 0 Å². The Kier molecular flexibility index (Phi) is 9.31. The van der Waals surface area contributed by atoms with Gasteiger partial charge in [-0.3, -0.25) is 14.4 Å². The Balaban J connectivity index is 1.85. The van der Waals surface area contributed by atoms with Crippen molar-refractivity contribution in [1.82, 2.24) is 20.5 Å². The summed E-state index contributed by atoms with van der Waals surface area (Å²) in [6.45, 7) is 7.73. The third-order valence-corrected chi connectivity index (χ3v) is 7.34. The van der Waals surface area contributed by atoms with Crippen LogP contribution in [0.1, 0.15) is 52.5 Å². The van der Waals surface area contributed by atoms with E-state index in [2.05, 4.69) is 15.6 Å². The Labute approximate surface area is 217 Å². The number of carbonyl (C=O) groups excluding carboxylic acids is 3. The molecule has 202 valence electrons. The predicted molar refractivity (Wildman–Crippen MR) is 141 cm³/mol. The molecule has 1 aromatic carbocycles. The van der Waals surface area contributed by atoms with Crippen LogP contribution in [-0.2, 0) is 25.6 Å². The van der Waals surface area contributed by atoms with E-state index in [1.807, 2.05) is 38.1 Å². The lowest BCUT2D eigenvalue weighted by molar-refractivity contribution is -0.150. The molecule has 3 rings (SSSR count). The molecule has 2 heterocycles. The molecule has 1 aromatic heterocycles. The van der Waals surface area contributed by atoms with Crippen molar-refractivity contribution in [2.75, 3.05) is 6.54 Å². The lowest BCUT2D eigenvalue weighted by atomic mass is 9.97. The van der Waals surface area contributed by atoms with E-state index in [-0.39, 0.29) is 18.3 Å². The minimum atomic E-state index is -1.05. The van der Waals surface area contributed by atoms with Crippen LogP contribution in [0.4, 0.5) is 0 Å². The molecule has 37 heavy (non-hydrogen) atoms. The fourth-order valence-corrected chi connectivity index (χ4v) is 4.74. The second-order valence-corrected chi connectivity index (χ2v) is 10.3. The summed E-state index contributed by atoms with van der Waals surface area (Å²) in [5.74, 6) is -2.81. The van der Waals surface area contributed by atoms with Gasteiger partial charge in [-0.15, -0.1) is 0 Å². The van der Waals surface area contributed by atoms with E-state index >= 15 is 0 Å². The maximum Gasteiger partial charge on any atom is 0.326 e. The molecule has 0 bridgehead atoms. The second kappa shape index (κ2) is 12.2. The number of hydrogen-bond acceptors (Lipinski definition) is 5. The summed E-state index contributed by atoms with van der Waals surface area (Å²) in [6, 6.07) is 4.06. The van der Waals surface area contributed by atoms with Crippen LogP contribution in [0.15, 0.2) is 30.5 Å². The summed E-state index contributed by atoms with van der Waals surface area (Å²) in [6.07, 6.45) is 3.67. The molecule has 1 saturated heterocycles. The van der Waals surface area contributed by atoms with Crippen LogP contribution in [0.5, 0.6) is 0 Å². The van der Waals surface area contributed by atoms with E-state index < -0.39 is 47.9 Å². The average Bonchev–Trinajstić information content (AvgIpc) is 3.53. The normalized spacial score (nSPS) is 18.9. The summed E-state index contributed by atoms with van der Waals surface area (Å²) in [7, 11) is 0. The number of aliphatic carboxylic acids is 1. The monoisotopic (exact) mass is 513 g/mol. The number of fused-ring (bicyclic) bond motifs is 1. The van der Waals surface area contributed by atoms with Gasteiger partial charge >= 0.3 is 5.97 Å². The number of likely N-dealkylation sites (tertiary alicyclic amines) is 1. The Hall–Kier alpha value is -3.40. The van der Waals surface area contributed by atoms with Crippen LogP contribution < -0.4 is 16.4 Å². The standard InChI is InChI=1S/C27H39N5O5/c1-5-16(4)22(28)25(34)30-20(13-17-14-29-19-10-7-6-9-18(17)19)24(33)31-23(15(2)3)26(35)32-12-8-11-21(32)27(36)37/h6-7,9-10,14-16,20-23,29H,5,8,11-13,28H2,1-4H3,(H,30,34)(H,31,33)(H,36,37). The molecular formula is C27H39N5O5. The molecule has 1 fully saturated rings. The molecule has 10 nitrogen and oxygen atoms in total. The van der Waals surface area contributed by atoms with Crippen molar-refractivity contribution in [2.45, 2.75) is 77.5 Å². The number of rotatable bonds is 11. The van der Waals surface area contributed by atoms with Crippen LogP contribution in [0.3, 0.4) is 0 Å². The predicted octanol–water partition coefficient (Wildman–Crippen LogP) is 1.79. The Morgan fingerprint density at radius 3 is 2.49 bits per heavy atom. The van der Waals surface area contributed by atoms with Crippen molar-refractivity contribution in [3.63, 3.8) is 0 Å². The molecule has 6 N–H and O–H groups in total. The van der Waals surface area contributed by atoms with Gasteiger partial charge in [0.25, 0.3) is 0 Å². The van der Waals surface area contributed by atoms with Crippen LogP contribution >= 0.6 is 0 Å². The number of nitrogens with one attached hydrogen (secondary N) is 3. The SMILES string of the molecule is CCC(C)C(N)C(=O)NC(Cc1c[nH]c2ccccc12)C(=O)NC(C(=O)N1CCCC1C(=O)O)C(C)C.